The number of anilines is 2. The SMILES string of the molecule is O=C(CNC(=O)c1ccc(Br)o1)Nc1ccc(N2CCOCC2)cc1. The van der Waals surface area contributed by atoms with E-state index in [1.807, 2.05) is 24.3 Å². The highest BCUT2D eigenvalue weighted by Crippen LogP contribution is 2.19. The molecule has 1 saturated heterocycles. The van der Waals surface area contributed by atoms with Crippen molar-refractivity contribution in [1.82, 2.24) is 5.32 Å². The molecular formula is C17H18BrN3O4. The summed E-state index contributed by atoms with van der Waals surface area (Å²) in [6.45, 7) is 3.04. The van der Waals surface area contributed by atoms with Gasteiger partial charge in [-0.15, -0.1) is 0 Å². The van der Waals surface area contributed by atoms with E-state index in [-0.39, 0.29) is 18.2 Å². The third kappa shape index (κ3) is 4.83. The van der Waals surface area contributed by atoms with Gasteiger partial charge in [-0.05, 0) is 52.3 Å². The molecule has 1 aromatic heterocycles. The molecule has 7 nitrogen and oxygen atoms in total. The molecule has 0 aliphatic carbocycles. The number of carbonyl (C=O) groups is 2. The number of morpholine rings is 1. The van der Waals surface area contributed by atoms with Gasteiger partial charge in [0.1, 0.15) is 0 Å². The number of hydrogen-bond acceptors (Lipinski definition) is 5. The normalized spacial score (nSPS) is 14.2. The molecule has 2 heterocycles. The van der Waals surface area contributed by atoms with Crippen LogP contribution >= 0.6 is 15.9 Å². The van der Waals surface area contributed by atoms with Gasteiger partial charge in [-0.3, -0.25) is 9.59 Å². The molecule has 8 heteroatoms. The molecule has 0 unspecified atom stereocenters. The minimum atomic E-state index is -0.441. The first-order valence-electron chi connectivity index (χ1n) is 7.88. The topological polar surface area (TPSA) is 83.8 Å². The number of hydrogen-bond donors (Lipinski definition) is 2. The highest BCUT2D eigenvalue weighted by molar-refractivity contribution is 9.10. The number of amides is 2. The molecule has 1 fully saturated rings. The summed E-state index contributed by atoms with van der Waals surface area (Å²) >= 11 is 3.12. The number of nitrogens with zero attached hydrogens (tertiary/aromatic N) is 1. The lowest BCUT2D eigenvalue weighted by Crippen LogP contribution is -2.36. The molecule has 0 spiro atoms. The predicted octanol–water partition coefficient (Wildman–Crippen LogP) is 2.25. The lowest BCUT2D eigenvalue weighted by atomic mass is 10.2. The van der Waals surface area contributed by atoms with Gasteiger partial charge >= 0.3 is 0 Å². The first kappa shape index (κ1) is 17.5. The van der Waals surface area contributed by atoms with Gasteiger partial charge < -0.3 is 24.7 Å². The second-order valence-electron chi connectivity index (χ2n) is 5.48. The molecule has 2 amide bonds. The van der Waals surface area contributed by atoms with Crippen molar-refractivity contribution < 1.29 is 18.7 Å². The Morgan fingerprint density at radius 1 is 1.08 bits per heavy atom. The van der Waals surface area contributed by atoms with E-state index in [0.717, 1.165) is 32.0 Å². The fraction of sp³-hybridized carbons (Fsp3) is 0.294. The number of furan rings is 1. The van der Waals surface area contributed by atoms with Crippen molar-refractivity contribution >= 4 is 39.1 Å². The Morgan fingerprint density at radius 2 is 1.80 bits per heavy atom. The zero-order chi connectivity index (χ0) is 17.6. The van der Waals surface area contributed by atoms with E-state index in [2.05, 4.69) is 31.5 Å². The van der Waals surface area contributed by atoms with Crippen LogP contribution in [0.1, 0.15) is 10.6 Å². The fourth-order valence-electron chi connectivity index (χ4n) is 2.47. The predicted molar refractivity (Wildman–Crippen MR) is 96.8 cm³/mol. The highest BCUT2D eigenvalue weighted by atomic mass is 79.9. The number of rotatable bonds is 5. The van der Waals surface area contributed by atoms with Gasteiger partial charge in [-0.1, -0.05) is 0 Å². The van der Waals surface area contributed by atoms with E-state index in [4.69, 9.17) is 9.15 Å². The van der Waals surface area contributed by atoms with Crippen molar-refractivity contribution in [2.24, 2.45) is 0 Å². The Kier molecular flexibility index (Phi) is 5.72. The van der Waals surface area contributed by atoms with Crippen molar-refractivity contribution in [3.8, 4) is 0 Å². The molecule has 1 aliphatic heterocycles. The molecule has 3 rings (SSSR count). The van der Waals surface area contributed by atoms with Gasteiger partial charge in [-0.2, -0.15) is 0 Å². The van der Waals surface area contributed by atoms with E-state index in [1.54, 1.807) is 6.07 Å². The van der Waals surface area contributed by atoms with Crippen molar-refractivity contribution in [3.05, 3.63) is 46.8 Å². The largest absolute Gasteiger partial charge is 0.444 e. The van der Waals surface area contributed by atoms with Crippen LogP contribution in [0, 0.1) is 0 Å². The van der Waals surface area contributed by atoms with Crippen molar-refractivity contribution in [1.29, 1.82) is 0 Å². The molecule has 2 N–H and O–H groups in total. The minimum absolute atomic E-state index is 0.137. The summed E-state index contributed by atoms with van der Waals surface area (Å²) in [5, 5.41) is 5.26. The van der Waals surface area contributed by atoms with Crippen molar-refractivity contribution in [2.45, 2.75) is 0 Å². The Morgan fingerprint density at radius 3 is 2.44 bits per heavy atom. The molecule has 25 heavy (non-hydrogen) atoms. The van der Waals surface area contributed by atoms with Crippen molar-refractivity contribution in [2.75, 3.05) is 43.1 Å². The fourth-order valence-corrected chi connectivity index (χ4v) is 2.77. The Hall–Kier alpha value is -2.32. The summed E-state index contributed by atoms with van der Waals surface area (Å²) in [6, 6.07) is 10.7. The number of ether oxygens (including phenoxy) is 1. The van der Waals surface area contributed by atoms with Crippen LogP contribution in [0.25, 0.3) is 0 Å². The highest BCUT2D eigenvalue weighted by Gasteiger charge is 2.13. The summed E-state index contributed by atoms with van der Waals surface area (Å²) in [7, 11) is 0. The standard InChI is InChI=1S/C17H18BrN3O4/c18-15-6-5-14(25-15)17(23)19-11-16(22)20-12-1-3-13(4-2-12)21-7-9-24-10-8-21/h1-6H,7-11H2,(H,19,23)(H,20,22). The Balaban J connectivity index is 1.48. The molecule has 1 aliphatic rings. The summed E-state index contributed by atoms with van der Waals surface area (Å²) in [6.07, 6.45) is 0. The van der Waals surface area contributed by atoms with Crippen LogP contribution < -0.4 is 15.5 Å². The van der Waals surface area contributed by atoms with Crippen LogP contribution in [0.2, 0.25) is 0 Å². The molecule has 132 valence electrons. The lowest BCUT2D eigenvalue weighted by Gasteiger charge is -2.28. The zero-order valence-electron chi connectivity index (χ0n) is 13.5. The number of carbonyl (C=O) groups excluding carboxylic acids is 2. The van der Waals surface area contributed by atoms with Crippen LogP contribution in [0.3, 0.4) is 0 Å². The van der Waals surface area contributed by atoms with Gasteiger partial charge in [-0.25, -0.2) is 0 Å². The summed E-state index contributed by atoms with van der Waals surface area (Å²) in [5.74, 6) is -0.601. The smallest absolute Gasteiger partial charge is 0.287 e. The molecule has 0 saturated carbocycles. The molecule has 0 bridgehead atoms. The molecule has 0 atom stereocenters. The zero-order valence-corrected chi connectivity index (χ0v) is 15.0. The third-order valence-corrected chi connectivity index (χ3v) is 4.16. The van der Waals surface area contributed by atoms with E-state index < -0.39 is 5.91 Å². The van der Waals surface area contributed by atoms with Gasteiger partial charge in [0, 0.05) is 24.5 Å². The van der Waals surface area contributed by atoms with Crippen LogP contribution in [0.5, 0.6) is 0 Å². The van der Waals surface area contributed by atoms with Crippen LogP contribution in [0.15, 0.2) is 45.5 Å². The van der Waals surface area contributed by atoms with E-state index in [9.17, 15) is 9.59 Å². The number of nitrogens with one attached hydrogen (secondary N) is 2. The van der Waals surface area contributed by atoms with Crippen LogP contribution in [0.4, 0.5) is 11.4 Å². The van der Waals surface area contributed by atoms with Crippen LogP contribution in [-0.4, -0.2) is 44.7 Å². The van der Waals surface area contributed by atoms with Gasteiger partial charge in [0.2, 0.25) is 5.91 Å². The maximum Gasteiger partial charge on any atom is 0.287 e. The molecular weight excluding hydrogens is 390 g/mol. The maximum atomic E-state index is 11.9. The summed E-state index contributed by atoms with van der Waals surface area (Å²) in [4.78, 5) is 26.0. The Bertz CT molecular complexity index is 739. The van der Waals surface area contributed by atoms with E-state index in [1.165, 1.54) is 6.07 Å². The maximum absolute atomic E-state index is 11.9. The molecule has 1 aromatic carbocycles. The second kappa shape index (κ2) is 8.17. The number of benzene rings is 1. The molecule has 0 radical (unpaired) electrons. The van der Waals surface area contributed by atoms with E-state index in [0.29, 0.717) is 10.4 Å². The molecule has 2 aromatic rings. The quantitative estimate of drug-likeness (QED) is 0.793. The Labute approximate surface area is 153 Å². The van der Waals surface area contributed by atoms with Gasteiger partial charge in [0.05, 0.1) is 19.8 Å². The van der Waals surface area contributed by atoms with E-state index >= 15 is 0 Å². The average Bonchev–Trinajstić information content (AvgIpc) is 3.08. The average molecular weight is 408 g/mol. The lowest BCUT2D eigenvalue weighted by molar-refractivity contribution is -0.115. The monoisotopic (exact) mass is 407 g/mol. The van der Waals surface area contributed by atoms with Gasteiger partial charge in [0.15, 0.2) is 10.4 Å². The first-order chi connectivity index (χ1) is 12.1. The third-order valence-electron chi connectivity index (χ3n) is 3.73. The second-order valence-corrected chi connectivity index (χ2v) is 6.26. The first-order valence-corrected chi connectivity index (χ1v) is 8.67. The van der Waals surface area contributed by atoms with Crippen molar-refractivity contribution in [3.63, 3.8) is 0 Å². The summed E-state index contributed by atoms with van der Waals surface area (Å²) in [5.41, 5.74) is 1.77. The summed E-state index contributed by atoms with van der Waals surface area (Å²) < 4.78 is 10.9. The van der Waals surface area contributed by atoms with Gasteiger partial charge in [0.25, 0.3) is 5.91 Å². The minimum Gasteiger partial charge on any atom is -0.444 e. The van der Waals surface area contributed by atoms with Crippen LogP contribution in [-0.2, 0) is 9.53 Å². The number of halogens is 1.